The van der Waals surface area contributed by atoms with Crippen molar-refractivity contribution in [3.63, 3.8) is 0 Å². The van der Waals surface area contributed by atoms with Crippen LogP contribution >= 0.6 is 0 Å². The van der Waals surface area contributed by atoms with E-state index in [0.29, 0.717) is 22.7 Å². The van der Waals surface area contributed by atoms with Crippen LogP contribution in [0.3, 0.4) is 0 Å². The Kier molecular flexibility index (Phi) is 7.36. The normalized spacial score (nSPS) is 17.0. The van der Waals surface area contributed by atoms with Gasteiger partial charge in [0.1, 0.15) is 11.5 Å². The van der Waals surface area contributed by atoms with Crippen molar-refractivity contribution >= 4 is 17.2 Å². The summed E-state index contributed by atoms with van der Waals surface area (Å²) >= 11 is 0. The molecule has 1 atom stereocenters. The number of carbonyl (C=O) groups excluding carboxylic acids is 1. The van der Waals surface area contributed by atoms with Gasteiger partial charge < -0.3 is 20.1 Å². The minimum absolute atomic E-state index is 0.102. The Balaban J connectivity index is 1.64. The summed E-state index contributed by atoms with van der Waals surface area (Å²) in [6, 6.07) is 15.2. The minimum Gasteiger partial charge on any atom is -0.496 e. The molecule has 1 amide bonds. The van der Waals surface area contributed by atoms with Gasteiger partial charge in [-0.2, -0.15) is 0 Å². The molecule has 2 aromatic carbocycles. The van der Waals surface area contributed by atoms with E-state index in [2.05, 4.69) is 41.7 Å². The number of amides is 1. The van der Waals surface area contributed by atoms with Crippen molar-refractivity contribution in [1.82, 2.24) is 15.6 Å². The summed E-state index contributed by atoms with van der Waals surface area (Å²) < 4.78 is 12.1. The molecule has 3 aromatic rings. The molecular weight excluding hydrogens is 464 g/mol. The van der Waals surface area contributed by atoms with Gasteiger partial charge in [0.05, 0.1) is 12.7 Å². The van der Waals surface area contributed by atoms with Crippen LogP contribution in [0.4, 0.5) is 5.69 Å². The fourth-order valence-corrected chi connectivity index (χ4v) is 4.18. The van der Waals surface area contributed by atoms with Gasteiger partial charge in [0.15, 0.2) is 0 Å². The van der Waals surface area contributed by atoms with Gasteiger partial charge in [0, 0.05) is 35.9 Å². The summed E-state index contributed by atoms with van der Waals surface area (Å²) in [5.74, 6) is -0.135. The highest BCUT2D eigenvalue weighted by Gasteiger charge is 2.37. The lowest BCUT2D eigenvalue weighted by Gasteiger charge is -2.38. The number of aryl methyl sites for hydroxylation is 1. The van der Waals surface area contributed by atoms with Crippen LogP contribution in [0.1, 0.15) is 47.8 Å². The maximum Gasteiger partial charge on any atom is 0.265 e. The number of methoxy groups -OCH3 is 1. The van der Waals surface area contributed by atoms with Gasteiger partial charge in [-0.1, -0.05) is 32.9 Å². The minimum atomic E-state index is -1.02. The Morgan fingerprint density at radius 2 is 1.78 bits per heavy atom. The fourth-order valence-electron chi connectivity index (χ4n) is 4.18. The third kappa shape index (κ3) is 5.52. The SMILES string of the molecule is CNC1(Oc2cc(NC(=O)c3cc(C(C)(C)C)ccc3OC)ccc2C)NC=CC=C1c1ccncc1. The van der Waals surface area contributed by atoms with E-state index in [1.165, 1.54) is 0 Å². The Bertz CT molecular complexity index is 1340. The molecule has 0 saturated heterocycles. The molecule has 1 unspecified atom stereocenters. The van der Waals surface area contributed by atoms with Crippen molar-refractivity contribution in [2.24, 2.45) is 0 Å². The molecule has 2 heterocycles. The number of hydrogen-bond donors (Lipinski definition) is 3. The Morgan fingerprint density at radius 3 is 2.46 bits per heavy atom. The van der Waals surface area contributed by atoms with E-state index in [9.17, 15) is 4.79 Å². The van der Waals surface area contributed by atoms with Crippen molar-refractivity contribution < 1.29 is 14.3 Å². The summed E-state index contributed by atoms with van der Waals surface area (Å²) in [5, 5.41) is 9.62. The number of allylic oxidation sites excluding steroid dienone is 2. The second-order valence-corrected chi connectivity index (χ2v) is 9.95. The number of ether oxygens (including phenoxy) is 2. The average Bonchev–Trinajstić information content (AvgIpc) is 2.90. The van der Waals surface area contributed by atoms with Crippen molar-refractivity contribution in [2.45, 2.75) is 39.0 Å². The van der Waals surface area contributed by atoms with Gasteiger partial charge in [0.2, 0.25) is 0 Å². The first-order valence-electron chi connectivity index (χ1n) is 12.2. The lowest BCUT2D eigenvalue weighted by atomic mass is 9.86. The monoisotopic (exact) mass is 498 g/mol. The molecule has 1 aliphatic rings. The third-order valence-corrected chi connectivity index (χ3v) is 6.39. The summed E-state index contributed by atoms with van der Waals surface area (Å²) in [5.41, 5.74) is 4.83. The van der Waals surface area contributed by atoms with Gasteiger partial charge in [-0.15, -0.1) is 0 Å². The van der Waals surface area contributed by atoms with Gasteiger partial charge in [-0.05, 0) is 78.6 Å². The number of likely N-dealkylation sites (N-methyl/N-ethyl adjacent to an activating group) is 1. The molecule has 1 aliphatic heterocycles. The predicted molar refractivity (Wildman–Crippen MR) is 148 cm³/mol. The van der Waals surface area contributed by atoms with E-state index in [4.69, 9.17) is 9.47 Å². The van der Waals surface area contributed by atoms with Crippen molar-refractivity contribution in [2.75, 3.05) is 19.5 Å². The molecule has 0 radical (unpaired) electrons. The lowest BCUT2D eigenvalue weighted by Crippen LogP contribution is -2.59. The van der Waals surface area contributed by atoms with Crippen LogP contribution in [-0.2, 0) is 5.41 Å². The molecule has 0 fully saturated rings. The highest BCUT2D eigenvalue weighted by Crippen LogP contribution is 2.34. The molecule has 1 aromatic heterocycles. The number of nitrogens with zero attached hydrogens (tertiary/aromatic N) is 1. The zero-order valence-corrected chi connectivity index (χ0v) is 22.2. The number of rotatable bonds is 7. The number of benzene rings is 2. The lowest BCUT2D eigenvalue weighted by molar-refractivity contribution is 0.0779. The second kappa shape index (κ2) is 10.5. The Morgan fingerprint density at radius 1 is 1.03 bits per heavy atom. The number of anilines is 1. The van der Waals surface area contributed by atoms with Crippen LogP contribution in [-0.4, -0.2) is 30.9 Å². The van der Waals surface area contributed by atoms with Crippen LogP contribution in [0.5, 0.6) is 11.5 Å². The molecule has 7 heteroatoms. The molecule has 4 rings (SSSR count). The van der Waals surface area contributed by atoms with Gasteiger partial charge >= 0.3 is 0 Å². The molecule has 192 valence electrons. The summed E-state index contributed by atoms with van der Waals surface area (Å²) in [6.45, 7) is 8.30. The maximum atomic E-state index is 13.3. The highest BCUT2D eigenvalue weighted by atomic mass is 16.5. The molecule has 7 nitrogen and oxygen atoms in total. The summed E-state index contributed by atoms with van der Waals surface area (Å²) in [4.78, 5) is 17.5. The largest absolute Gasteiger partial charge is 0.496 e. The number of hydrogen-bond acceptors (Lipinski definition) is 6. The fraction of sp³-hybridized carbons (Fsp3) is 0.267. The zero-order valence-electron chi connectivity index (χ0n) is 22.2. The molecular formula is C30H34N4O3. The molecule has 0 aliphatic carbocycles. The van der Waals surface area contributed by atoms with Crippen molar-refractivity contribution in [3.05, 3.63) is 102 Å². The summed E-state index contributed by atoms with van der Waals surface area (Å²) in [6.07, 6.45) is 9.25. The van der Waals surface area contributed by atoms with Gasteiger partial charge in [0.25, 0.3) is 11.8 Å². The second-order valence-electron chi connectivity index (χ2n) is 9.95. The van der Waals surface area contributed by atoms with E-state index >= 15 is 0 Å². The number of nitrogens with one attached hydrogen (secondary N) is 3. The van der Waals surface area contributed by atoms with E-state index in [1.807, 2.05) is 80.9 Å². The van der Waals surface area contributed by atoms with E-state index in [1.54, 1.807) is 19.5 Å². The first-order chi connectivity index (χ1) is 17.7. The highest BCUT2D eigenvalue weighted by molar-refractivity contribution is 6.06. The quantitative estimate of drug-likeness (QED) is 0.378. The van der Waals surface area contributed by atoms with E-state index < -0.39 is 5.85 Å². The topological polar surface area (TPSA) is 84.5 Å². The Labute approximate surface area is 218 Å². The van der Waals surface area contributed by atoms with Crippen LogP contribution < -0.4 is 25.4 Å². The van der Waals surface area contributed by atoms with Crippen LogP contribution in [0.15, 0.2) is 79.3 Å². The zero-order chi connectivity index (χ0) is 26.6. The Hall–Kier alpha value is -4.10. The van der Waals surface area contributed by atoms with E-state index in [0.717, 1.165) is 22.3 Å². The predicted octanol–water partition coefficient (Wildman–Crippen LogP) is 5.40. The first kappa shape index (κ1) is 26.0. The molecule has 0 spiro atoms. The molecule has 3 N–H and O–H groups in total. The smallest absolute Gasteiger partial charge is 0.265 e. The average molecular weight is 499 g/mol. The first-order valence-corrected chi connectivity index (χ1v) is 12.2. The molecule has 0 saturated carbocycles. The number of dihydropyridines is 1. The number of pyridine rings is 1. The van der Waals surface area contributed by atoms with Crippen LogP contribution in [0.25, 0.3) is 5.57 Å². The standard InChI is InChI=1S/C30H34N4O3/c1-20-9-11-23(34-28(35)24-18-22(29(2,3)4)10-12-26(24)36-6)19-27(20)37-30(31-5)25(8-7-15-33-30)21-13-16-32-17-14-21/h7-19,31,33H,1-6H3,(H,34,35). The van der Waals surface area contributed by atoms with E-state index in [-0.39, 0.29) is 11.3 Å². The third-order valence-electron chi connectivity index (χ3n) is 6.39. The van der Waals surface area contributed by atoms with Crippen LogP contribution in [0, 0.1) is 6.92 Å². The van der Waals surface area contributed by atoms with Crippen molar-refractivity contribution in [1.29, 1.82) is 0 Å². The summed E-state index contributed by atoms with van der Waals surface area (Å²) in [7, 11) is 3.40. The van der Waals surface area contributed by atoms with Crippen LogP contribution in [0.2, 0.25) is 0 Å². The maximum absolute atomic E-state index is 13.3. The van der Waals surface area contributed by atoms with Crippen molar-refractivity contribution in [3.8, 4) is 11.5 Å². The molecule has 0 bridgehead atoms. The number of aromatic nitrogens is 1. The molecule has 37 heavy (non-hydrogen) atoms. The van der Waals surface area contributed by atoms with Gasteiger partial charge in [-0.25, -0.2) is 0 Å². The number of carbonyl (C=O) groups is 1. The van der Waals surface area contributed by atoms with Gasteiger partial charge in [-0.3, -0.25) is 15.1 Å².